The molecule has 0 saturated heterocycles. The van der Waals surface area contributed by atoms with Gasteiger partial charge in [-0.15, -0.1) is 0 Å². The summed E-state index contributed by atoms with van der Waals surface area (Å²) in [6, 6.07) is 10.1. The minimum absolute atomic E-state index is 0.151. The number of hydrogen-bond donors (Lipinski definition) is 2. The average molecular weight is 314 g/mol. The first-order chi connectivity index (χ1) is 11.0. The third kappa shape index (κ3) is 4.74. The molecule has 2 aromatic rings. The molecular weight excluding hydrogens is 292 g/mol. The number of carbonyl (C=O) groups excluding carboxylic acids is 1. The van der Waals surface area contributed by atoms with Crippen LogP contribution in [0.4, 0.5) is 0 Å². The van der Waals surface area contributed by atoms with Crippen molar-refractivity contribution in [3.8, 4) is 17.2 Å². The van der Waals surface area contributed by atoms with E-state index in [1.165, 1.54) is 0 Å². The van der Waals surface area contributed by atoms with Gasteiger partial charge in [-0.1, -0.05) is 6.07 Å². The Hall–Kier alpha value is -2.49. The molecule has 122 valence electrons. The van der Waals surface area contributed by atoms with Crippen LogP contribution in [0.1, 0.15) is 29.5 Å². The minimum atomic E-state index is 0.151. The molecule has 0 bridgehead atoms. The summed E-state index contributed by atoms with van der Waals surface area (Å²) in [5.41, 5.74) is 2.90. The third-order valence-corrected chi connectivity index (χ3v) is 3.94. The molecule has 0 aliphatic carbocycles. The van der Waals surface area contributed by atoms with Gasteiger partial charge in [-0.3, -0.25) is 4.79 Å². The maximum atomic E-state index is 12.1. The van der Waals surface area contributed by atoms with E-state index in [2.05, 4.69) is 0 Å². The molecule has 0 atom stereocenters. The van der Waals surface area contributed by atoms with Crippen LogP contribution in [0.25, 0.3) is 0 Å². The van der Waals surface area contributed by atoms with E-state index in [4.69, 9.17) is 4.74 Å². The standard InChI is InChI=1S/C19H22O4/c1-13-3-6-17(21)11-14(13)4-7-16(20)8-5-15-12-18(22)9-10-19(15)23-2/h3,6,9-12,21-22H,4-5,7-8H2,1-2H3. The fraction of sp³-hybridized carbons (Fsp3) is 0.316. The lowest BCUT2D eigenvalue weighted by Gasteiger charge is -2.09. The van der Waals surface area contributed by atoms with E-state index in [1.807, 2.05) is 13.0 Å². The Morgan fingerprint density at radius 3 is 2.17 bits per heavy atom. The fourth-order valence-corrected chi connectivity index (χ4v) is 2.56. The van der Waals surface area contributed by atoms with Crippen LogP contribution in [-0.2, 0) is 17.6 Å². The summed E-state index contributed by atoms with van der Waals surface area (Å²) in [4.78, 5) is 12.1. The molecule has 0 saturated carbocycles. The molecule has 0 aliphatic rings. The lowest BCUT2D eigenvalue weighted by molar-refractivity contribution is -0.119. The van der Waals surface area contributed by atoms with E-state index < -0.39 is 0 Å². The number of aromatic hydroxyl groups is 2. The minimum Gasteiger partial charge on any atom is -0.508 e. The molecule has 2 aromatic carbocycles. The molecule has 23 heavy (non-hydrogen) atoms. The molecule has 0 radical (unpaired) electrons. The van der Waals surface area contributed by atoms with Crippen LogP contribution >= 0.6 is 0 Å². The van der Waals surface area contributed by atoms with Gasteiger partial charge in [0.05, 0.1) is 7.11 Å². The van der Waals surface area contributed by atoms with Gasteiger partial charge in [-0.25, -0.2) is 0 Å². The van der Waals surface area contributed by atoms with Crippen LogP contribution in [-0.4, -0.2) is 23.1 Å². The van der Waals surface area contributed by atoms with E-state index in [-0.39, 0.29) is 17.3 Å². The summed E-state index contributed by atoms with van der Waals surface area (Å²) >= 11 is 0. The fourth-order valence-electron chi connectivity index (χ4n) is 2.56. The number of aryl methyl sites for hydroxylation is 3. The van der Waals surface area contributed by atoms with Gasteiger partial charge in [0.1, 0.15) is 23.0 Å². The van der Waals surface area contributed by atoms with E-state index in [0.29, 0.717) is 31.4 Å². The normalized spacial score (nSPS) is 10.5. The summed E-state index contributed by atoms with van der Waals surface area (Å²) in [7, 11) is 1.57. The number of rotatable bonds is 7. The topological polar surface area (TPSA) is 66.8 Å². The second kappa shape index (κ2) is 7.68. The number of phenolic OH excluding ortho intramolecular Hbond substituents is 2. The Labute approximate surface area is 136 Å². The first-order valence-corrected chi connectivity index (χ1v) is 7.65. The molecule has 0 spiro atoms. The van der Waals surface area contributed by atoms with Crippen LogP contribution in [0, 0.1) is 6.92 Å². The first-order valence-electron chi connectivity index (χ1n) is 7.65. The molecule has 0 aromatic heterocycles. The van der Waals surface area contributed by atoms with Crippen LogP contribution in [0.15, 0.2) is 36.4 Å². The van der Waals surface area contributed by atoms with Crippen molar-refractivity contribution in [2.24, 2.45) is 0 Å². The maximum Gasteiger partial charge on any atom is 0.133 e. The average Bonchev–Trinajstić information content (AvgIpc) is 2.54. The van der Waals surface area contributed by atoms with E-state index in [1.54, 1.807) is 37.4 Å². The Kier molecular flexibility index (Phi) is 5.63. The third-order valence-electron chi connectivity index (χ3n) is 3.94. The molecule has 0 fully saturated rings. The quantitative estimate of drug-likeness (QED) is 0.820. The molecule has 2 N–H and O–H groups in total. The Bertz CT molecular complexity index is 692. The summed E-state index contributed by atoms with van der Waals surface area (Å²) < 4.78 is 5.24. The molecule has 0 amide bonds. The SMILES string of the molecule is COc1ccc(O)cc1CCC(=O)CCc1cc(O)ccc1C. The Balaban J connectivity index is 1.90. The zero-order valence-electron chi connectivity index (χ0n) is 13.5. The molecule has 4 nitrogen and oxygen atoms in total. The number of benzene rings is 2. The highest BCUT2D eigenvalue weighted by Crippen LogP contribution is 2.25. The van der Waals surface area contributed by atoms with Gasteiger partial charge in [0.25, 0.3) is 0 Å². The Morgan fingerprint density at radius 2 is 1.52 bits per heavy atom. The number of hydrogen-bond acceptors (Lipinski definition) is 4. The van der Waals surface area contributed by atoms with Crippen LogP contribution in [0.5, 0.6) is 17.2 Å². The molecule has 4 heteroatoms. The van der Waals surface area contributed by atoms with Crippen molar-refractivity contribution >= 4 is 5.78 Å². The van der Waals surface area contributed by atoms with Crippen molar-refractivity contribution in [2.75, 3.05) is 7.11 Å². The van der Waals surface area contributed by atoms with E-state index in [0.717, 1.165) is 16.7 Å². The summed E-state index contributed by atoms with van der Waals surface area (Å²) in [6.07, 6.45) is 1.99. The van der Waals surface area contributed by atoms with Crippen molar-refractivity contribution < 1.29 is 19.7 Å². The van der Waals surface area contributed by atoms with Crippen molar-refractivity contribution in [2.45, 2.75) is 32.6 Å². The van der Waals surface area contributed by atoms with Crippen molar-refractivity contribution in [3.63, 3.8) is 0 Å². The van der Waals surface area contributed by atoms with Crippen molar-refractivity contribution in [1.29, 1.82) is 0 Å². The van der Waals surface area contributed by atoms with Gasteiger partial charge < -0.3 is 14.9 Å². The zero-order valence-corrected chi connectivity index (χ0v) is 13.5. The number of ether oxygens (including phenoxy) is 1. The van der Waals surface area contributed by atoms with Gasteiger partial charge >= 0.3 is 0 Å². The predicted molar refractivity (Wildman–Crippen MR) is 89.2 cm³/mol. The summed E-state index contributed by atoms with van der Waals surface area (Å²) in [6.45, 7) is 1.97. The van der Waals surface area contributed by atoms with Crippen molar-refractivity contribution in [1.82, 2.24) is 0 Å². The zero-order chi connectivity index (χ0) is 16.8. The smallest absolute Gasteiger partial charge is 0.133 e. The lowest BCUT2D eigenvalue weighted by Crippen LogP contribution is -2.04. The molecule has 0 unspecified atom stereocenters. The van der Waals surface area contributed by atoms with Gasteiger partial charge in [0, 0.05) is 12.8 Å². The second-order valence-corrected chi connectivity index (χ2v) is 5.65. The largest absolute Gasteiger partial charge is 0.508 e. The second-order valence-electron chi connectivity index (χ2n) is 5.65. The van der Waals surface area contributed by atoms with E-state index >= 15 is 0 Å². The maximum absolute atomic E-state index is 12.1. The number of carbonyl (C=O) groups is 1. The number of ketones is 1. The van der Waals surface area contributed by atoms with Crippen LogP contribution < -0.4 is 4.74 Å². The highest BCUT2D eigenvalue weighted by molar-refractivity contribution is 5.79. The van der Waals surface area contributed by atoms with Gasteiger partial charge in [0.2, 0.25) is 0 Å². The molecule has 0 heterocycles. The lowest BCUT2D eigenvalue weighted by atomic mass is 9.99. The molecule has 0 aliphatic heterocycles. The summed E-state index contributed by atoms with van der Waals surface area (Å²) in [5, 5.41) is 19.1. The summed E-state index contributed by atoms with van der Waals surface area (Å²) in [5.74, 6) is 1.23. The monoisotopic (exact) mass is 314 g/mol. The van der Waals surface area contributed by atoms with Crippen LogP contribution in [0.3, 0.4) is 0 Å². The highest BCUT2D eigenvalue weighted by Gasteiger charge is 2.09. The molecular formula is C19H22O4. The van der Waals surface area contributed by atoms with Crippen LogP contribution in [0.2, 0.25) is 0 Å². The number of Topliss-reactive ketones (excluding diaryl/α,β-unsaturated/α-hetero) is 1. The van der Waals surface area contributed by atoms with E-state index in [9.17, 15) is 15.0 Å². The highest BCUT2D eigenvalue weighted by atomic mass is 16.5. The van der Waals surface area contributed by atoms with Gasteiger partial charge in [0.15, 0.2) is 0 Å². The Morgan fingerprint density at radius 1 is 0.957 bits per heavy atom. The number of phenols is 2. The number of methoxy groups -OCH3 is 1. The predicted octanol–water partition coefficient (Wildman–Crippen LogP) is 3.55. The van der Waals surface area contributed by atoms with Crippen molar-refractivity contribution in [3.05, 3.63) is 53.1 Å². The molecule has 2 rings (SSSR count). The first kappa shape index (κ1) is 16.9. The van der Waals surface area contributed by atoms with Gasteiger partial charge in [-0.2, -0.15) is 0 Å². The van der Waals surface area contributed by atoms with Gasteiger partial charge in [-0.05, 0) is 66.8 Å².